The monoisotopic (exact) mass is 373 g/mol. The Balaban J connectivity index is 1.80. The summed E-state index contributed by atoms with van der Waals surface area (Å²) in [5, 5.41) is 11.4. The molecule has 142 valence electrons. The molecule has 1 fully saturated rings. The van der Waals surface area contributed by atoms with Gasteiger partial charge in [-0.15, -0.1) is 0 Å². The zero-order chi connectivity index (χ0) is 19.6. The van der Waals surface area contributed by atoms with E-state index >= 15 is 0 Å². The number of ether oxygens (including phenoxy) is 1. The van der Waals surface area contributed by atoms with Gasteiger partial charge in [-0.1, -0.05) is 0 Å². The number of Topliss-reactive ketones (excluding diaryl/α,β-unsaturated/α-hetero) is 1. The van der Waals surface area contributed by atoms with Crippen LogP contribution in [0.2, 0.25) is 0 Å². The Labute approximate surface area is 156 Å². The number of hydrogen-bond donors (Lipinski definition) is 0. The molecule has 1 aliphatic rings. The molecule has 0 aromatic heterocycles. The van der Waals surface area contributed by atoms with Crippen molar-refractivity contribution in [2.24, 2.45) is 0 Å². The van der Waals surface area contributed by atoms with E-state index in [0.717, 1.165) is 5.69 Å². The first-order valence-electron chi connectivity index (χ1n) is 8.53. The van der Waals surface area contributed by atoms with Gasteiger partial charge in [0.05, 0.1) is 17.7 Å². The largest absolute Gasteiger partial charge is 0.494 e. The zero-order valence-electron chi connectivity index (χ0n) is 15.1. The Morgan fingerprint density at radius 3 is 2.22 bits per heavy atom. The lowest BCUT2D eigenvalue weighted by atomic mass is 10.1. The van der Waals surface area contributed by atoms with Gasteiger partial charge >= 0.3 is 0 Å². The van der Waals surface area contributed by atoms with Crippen molar-refractivity contribution in [2.45, 2.75) is 6.92 Å². The van der Waals surface area contributed by atoms with Gasteiger partial charge in [0.1, 0.15) is 17.3 Å². The number of nitro benzene ring substituents is 1. The Kier molecular flexibility index (Phi) is 5.25. The number of carbonyl (C=O) groups is 1. The maximum absolute atomic E-state index is 13.4. The molecule has 1 aliphatic heterocycles. The first-order valence-corrected chi connectivity index (χ1v) is 8.53. The fraction of sp³-hybridized carbons (Fsp3) is 0.316. The van der Waals surface area contributed by atoms with Crippen molar-refractivity contribution in [1.82, 2.24) is 0 Å². The van der Waals surface area contributed by atoms with E-state index in [0.29, 0.717) is 43.2 Å². The molecule has 0 atom stereocenters. The molecular weight excluding hydrogens is 353 g/mol. The smallest absolute Gasteiger partial charge is 0.293 e. The minimum atomic E-state index is -0.461. The molecule has 2 aromatic rings. The first kappa shape index (κ1) is 18.6. The third-order valence-corrected chi connectivity index (χ3v) is 4.68. The normalized spacial score (nSPS) is 14.2. The van der Waals surface area contributed by atoms with Gasteiger partial charge in [0.25, 0.3) is 5.69 Å². The summed E-state index contributed by atoms with van der Waals surface area (Å²) in [7, 11) is 1.49. The SMILES string of the molecule is COc1cc(F)ccc1N1CCN(c2ccc(C(C)=O)cc2[N+](=O)[O-])CC1. The summed E-state index contributed by atoms with van der Waals surface area (Å²) >= 11 is 0. The quantitative estimate of drug-likeness (QED) is 0.455. The predicted molar refractivity (Wildman–Crippen MR) is 100 cm³/mol. The number of nitro groups is 1. The number of anilines is 2. The third kappa shape index (κ3) is 3.84. The fourth-order valence-corrected chi connectivity index (χ4v) is 3.26. The van der Waals surface area contributed by atoms with E-state index in [1.807, 2.05) is 4.90 Å². The first-order chi connectivity index (χ1) is 12.9. The van der Waals surface area contributed by atoms with Crippen LogP contribution in [-0.2, 0) is 0 Å². The van der Waals surface area contributed by atoms with Crippen LogP contribution in [0, 0.1) is 15.9 Å². The van der Waals surface area contributed by atoms with Gasteiger partial charge in [0.2, 0.25) is 0 Å². The van der Waals surface area contributed by atoms with Gasteiger partial charge in [-0.25, -0.2) is 4.39 Å². The van der Waals surface area contributed by atoms with E-state index in [2.05, 4.69) is 4.90 Å². The van der Waals surface area contributed by atoms with E-state index in [-0.39, 0.29) is 17.3 Å². The standard InChI is InChI=1S/C19H20FN3O4/c1-13(24)14-3-5-16(18(11-14)23(25)26)21-7-9-22(10-8-21)17-6-4-15(20)12-19(17)27-2/h3-6,11-12H,7-10H2,1-2H3. The minimum absolute atomic E-state index is 0.0736. The maximum Gasteiger partial charge on any atom is 0.293 e. The van der Waals surface area contributed by atoms with Crippen LogP contribution in [0.15, 0.2) is 36.4 Å². The molecule has 1 heterocycles. The topological polar surface area (TPSA) is 75.9 Å². The van der Waals surface area contributed by atoms with Crippen molar-refractivity contribution in [3.8, 4) is 5.75 Å². The van der Waals surface area contributed by atoms with Crippen molar-refractivity contribution in [1.29, 1.82) is 0 Å². The van der Waals surface area contributed by atoms with E-state index in [1.165, 1.54) is 32.2 Å². The average molecular weight is 373 g/mol. The van der Waals surface area contributed by atoms with Crippen molar-refractivity contribution in [2.75, 3.05) is 43.1 Å². The molecule has 0 bridgehead atoms. The summed E-state index contributed by atoms with van der Waals surface area (Å²) in [6.07, 6.45) is 0. The Hall–Kier alpha value is -3.16. The van der Waals surface area contributed by atoms with Crippen molar-refractivity contribution < 1.29 is 18.8 Å². The summed E-state index contributed by atoms with van der Waals surface area (Å²) in [5.74, 6) is -0.117. The van der Waals surface area contributed by atoms with Crippen LogP contribution in [0.25, 0.3) is 0 Å². The number of ketones is 1. The highest BCUT2D eigenvalue weighted by atomic mass is 19.1. The zero-order valence-corrected chi connectivity index (χ0v) is 15.1. The second kappa shape index (κ2) is 7.61. The van der Waals surface area contributed by atoms with E-state index in [1.54, 1.807) is 18.2 Å². The fourth-order valence-electron chi connectivity index (χ4n) is 3.26. The predicted octanol–water partition coefficient (Wildman–Crippen LogP) is 3.27. The number of halogens is 1. The van der Waals surface area contributed by atoms with Crippen molar-refractivity contribution in [3.63, 3.8) is 0 Å². The highest BCUT2D eigenvalue weighted by molar-refractivity contribution is 5.95. The number of nitrogens with zero attached hydrogens (tertiary/aromatic N) is 3. The number of piperazine rings is 1. The van der Waals surface area contributed by atoms with Crippen molar-refractivity contribution >= 4 is 22.8 Å². The van der Waals surface area contributed by atoms with Gasteiger partial charge < -0.3 is 14.5 Å². The molecule has 0 saturated carbocycles. The van der Waals surface area contributed by atoms with E-state index in [4.69, 9.17) is 4.74 Å². The van der Waals surface area contributed by atoms with Gasteiger partial charge in [-0.3, -0.25) is 14.9 Å². The lowest BCUT2D eigenvalue weighted by Gasteiger charge is -2.37. The molecule has 7 nitrogen and oxygen atoms in total. The molecule has 1 saturated heterocycles. The minimum Gasteiger partial charge on any atom is -0.494 e. The van der Waals surface area contributed by atoms with Crippen LogP contribution in [0.3, 0.4) is 0 Å². The van der Waals surface area contributed by atoms with Crippen LogP contribution in [-0.4, -0.2) is 44.0 Å². The molecule has 2 aromatic carbocycles. The van der Waals surface area contributed by atoms with Crippen LogP contribution in [0.5, 0.6) is 5.75 Å². The summed E-state index contributed by atoms with van der Waals surface area (Å²) < 4.78 is 18.7. The van der Waals surface area contributed by atoms with Crippen LogP contribution in [0.1, 0.15) is 17.3 Å². The van der Waals surface area contributed by atoms with Gasteiger partial charge in [-0.05, 0) is 31.2 Å². The summed E-state index contributed by atoms with van der Waals surface area (Å²) in [5.41, 5.74) is 1.53. The number of benzene rings is 2. The van der Waals surface area contributed by atoms with E-state index < -0.39 is 4.92 Å². The summed E-state index contributed by atoms with van der Waals surface area (Å²) in [6, 6.07) is 8.96. The second-order valence-electron chi connectivity index (χ2n) is 6.31. The van der Waals surface area contributed by atoms with Crippen molar-refractivity contribution in [3.05, 3.63) is 57.9 Å². The molecule has 0 aliphatic carbocycles. The molecule has 0 radical (unpaired) electrons. The Morgan fingerprint density at radius 1 is 1.07 bits per heavy atom. The molecule has 3 rings (SSSR count). The Morgan fingerprint density at radius 2 is 1.67 bits per heavy atom. The highest BCUT2D eigenvalue weighted by Crippen LogP contribution is 2.33. The third-order valence-electron chi connectivity index (χ3n) is 4.68. The summed E-state index contributed by atoms with van der Waals surface area (Å²) in [6.45, 7) is 3.70. The van der Waals surface area contributed by atoms with E-state index in [9.17, 15) is 19.3 Å². The molecule has 8 heteroatoms. The lowest BCUT2D eigenvalue weighted by Crippen LogP contribution is -2.46. The average Bonchev–Trinajstić information content (AvgIpc) is 2.67. The van der Waals surface area contributed by atoms with Crippen LogP contribution >= 0.6 is 0 Å². The number of methoxy groups -OCH3 is 1. The Bertz CT molecular complexity index is 879. The molecule has 0 N–H and O–H groups in total. The van der Waals surface area contributed by atoms with Gasteiger partial charge in [-0.2, -0.15) is 0 Å². The lowest BCUT2D eigenvalue weighted by molar-refractivity contribution is -0.384. The highest BCUT2D eigenvalue weighted by Gasteiger charge is 2.25. The number of carbonyl (C=O) groups excluding carboxylic acids is 1. The summed E-state index contributed by atoms with van der Waals surface area (Å²) in [4.78, 5) is 26.5. The number of hydrogen-bond acceptors (Lipinski definition) is 6. The molecule has 27 heavy (non-hydrogen) atoms. The maximum atomic E-state index is 13.4. The van der Waals surface area contributed by atoms with Crippen LogP contribution in [0.4, 0.5) is 21.5 Å². The molecular formula is C19H20FN3O4. The van der Waals surface area contributed by atoms with Crippen LogP contribution < -0.4 is 14.5 Å². The molecule has 0 amide bonds. The molecule has 0 unspecified atom stereocenters. The van der Waals surface area contributed by atoms with Gasteiger partial charge in [0, 0.05) is 43.9 Å². The molecule has 0 spiro atoms. The van der Waals surface area contributed by atoms with Gasteiger partial charge in [0.15, 0.2) is 5.78 Å². The second-order valence-corrected chi connectivity index (χ2v) is 6.31. The number of rotatable bonds is 5.